The molecule has 7 heteroatoms. The van der Waals surface area contributed by atoms with Crippen LogP contribution in [0, 0.1) is 0 Å². The number of aromatic nitrogens is 2. The molecule has 6 rings (SSSR count). The van der Waals surface area contributed by atoms with E-state index in [0.29, 0.717) is 55.0 Å². The number of imidazole rings is 1. The number of nitrogens with one attached hydrogen (secondary N) is 1. The number of Topliss-reactive ketones (excluding diaryl/α,β-unsaturated/α-hetero) is 1. The van der Waals surface area contributed by atoms with Gasteiger partial charge in [0, 0.05) is 37.1 Å². The lowest BCUT2D eigenvalue weighted by Gasteiger charge is -2.44. The Balaban J connectivity index is 1.18. The summed E-state index contributed by atoms with van der Waals surface area (Å²) >= 11 is 0. The van der Waals surface area contributed by atoms with Crippen LogP contribution in [0.2, 0.25) is 0 Å². The predicted octanol–water partition coefficient (Wildman–Crippen LogP) is 4.88. The Labute approximate surface area is 202 Å². The molecule has 1 amide bonds. The second-order valence-corrected chi connectivity index (χ2v) is 9.19. The molecular formula is C28H25N3O4. The first kappa shape index (κ1) is 21.4. The highest BCUT2D eigenvalue weighted by Crippen LogP contribution is 2.42. The van der Waals surface area contributed by atoms with Crippen LogP contribution in [0.15, 0.2) is 66.7 Å². The molecule has 0 unspecified atom stereocenters. The van der Waals surface area contributed by atoms with Crippen LogP contribution in [0.1, 0.15) is 40.0 Å². The zero-order chi connectivity index (χ0) is 24.0. The van der Waals surface area contributed by atoms with Crippen molar-refractivity contribution < 1.29 is 19.1 Å². The molecule has 3 heterocycles. The second-order valence-electron chi connectivity index (χ2n) is 9.19. The lowest BCUT2D eigenvalue weighted by Crippen LogP contribution is -2.52. The number of likely N-dealkylation sites (tertiary alicyclic amines) is 1. The first-order valence-corrected chi connectivity index (χ1v) is 11.8. The van der Waals surface area contributed by atoms with E-state index in [2.05, 4.69) is 9.97 Å². The Morgan fingerprint density at radius 3 is 2.63 bits per heavy atom. The molecular weight excluding hydrogens is 442 g/mol. The third-order valence-corrected chi connectivity index (χ3v) is 7.03. The van der Waals surface area contributed by atoms with E-state index >= 15 is 0 Å². The molecule has 0 atom stereocenters. The molecule has 4 aromatic rings. The molecule has 0 radical (unpaired) electrons. The molecule has 1 N–H and O–H groups in total. The summed E-state index contributed by atoms with van der Waals surface area (Å²) in [5, 5.41) is 0. The Kier molecular flexibility index (Phi) is 5.06. The minimum Gasteiger partial charge on any atom is -0.496 e. The molecule has 0 bridgehead atoms. The highest BCUT2D eigenvalue weighted by Gasteiger charge is 2.44. The summed E-state index contributed by atoms with van der Waals surface area (Å²) in [6.07, 6.45) is 1.50. The number of carbonyl (C=O) groups is 2. The van der Waals surface area contributed by atoms with Gasteiger partial charge in [-0.25, -0.2) is 4.98 Å². The highest BCUT2D eigenvalue weighted by atomic mass is 16.5. The topological polar surface area (TPSA) is 84.5 Å². The van der Waals surface area contributed by atoms with Crippen LogP contribution in [-0.4, -0.2) is 52.4 Å². The molecule has 1 saturated heterocycles. The Bertz CT molecular complexity index is 1440. The molecule has 35 heavy (non-hydrogen) atoms. The summed E-state index contributed by atoms with van der Waals surface area (Å²) in [7, 11) is 1.56. The van der Waals surface area contributed by atoms with Crippen LogP contribution < -0.4 is 9.47 Å². The number of ketones is 1. The van der Waals surface area contributed by atoms with Gasteiger partial charge in [0.1, 0.15) is 28.5 Å². The first-order chi connectivity index (χ1) is 17.0. The number of H-pyrrole nitrogens is 1. The quantitative estimate of drug-likeness (QED) is 0.464. The zero-order valence-electron chi connectivity index (χ0n) is 19.4. The van der Waals surface area contributed by atoms with Crippen LogP contribution in [0.5, 0.6) is 11.5 Å². The number of methoxy groups -OCH3 is 1. The van der Waals surface area contributed by atoms with Gasteiger partial charge in [-0.1, -0.05) is 36.4 Å². The summed E-state index contributed by atoms with van der Waals surface area (Å²) in [4.78, 5) is 36.1. The van der Waals surface area contributed by atoms with Crippen LogP contribution in [0.3, 0.4) is 0 Å². The van der Waals surface area contributed by atoms with Gasteiger partial charge < -0.3 is 19.4 Å². The summed E-state index contributed by atoms with van der Waals surface area (Å²) in [6, 6.07) is 20.9. The van der Waals surface area contributed by atoms with Gasteiger partial charge >= 0.3 is 0 Å². The molecule has 0 aliphatic carbocycles. The maximum Gasteiger partial charge on any atom is 0.253 e. The fraction of sp³-hybridized carbons (Fsp3) is 0.250. The monoisotopic (exact) mass is 467 g/mol. The summed E-state index contributed by atoms with van der Waals surface area (Å²) in [5.41, 5.74) is 3.20. The molecule has 2 aliphatic heterocycles. The molecule has 1 aromatic heterocycles. The van der Waals surface area contributed by atoms with Gasteiger partial charge in [-0.05, 0) is 30.3 Å². The van der Waals surface area contributed by atoms with E-state index in [-0.39, 0.29) is 11.7 Å². The van der Waals surface area contributed by atoms with Gasteiger partial charge in [0.15, 0.2) is 5.78 Å². The van der Waals surface area contributed by atoms with E-state index in [1.54, 1.807) is 13.2 Å². The Morgan fingerprint density at radius 2 is 1.86 bits per heavy atom. The largest absolute Gasteiger partial charge is 0.496 e. The van der Waals surface area contributed by atoms with Crippen molar-refractivity contribution in [1.82, 2.24) is 14.9 Å². The van der Waals surface area contributed by atoms with E-state index in [0.717, 1.165) is 22.4 Å². The normalized spacial score (nSPS) is 16.7. The minimum absolute atomic E-state index is 0.0261. The van der Waals surface area contributed by atoms with Crippen molar-refractivity contribution in [3.63, 3.8) is 0 Å². The number of carbonyl (C=O) groups excluding carboxylic acids is 2. The first-order valence-electron chi connectivity index (χ1n) is 11.8. The van der Waals surface area contributed by atoms with Crippen molar-refractivity contribution in [2.24, 2.45) is 0 Å². The van der Waals surface area contributed by atoms with Gasteiger partial charge in [-0.15, -0.1) is 0 Å². The lowest BCUT2D eigenvalue weighted by molar-refractivity contribution is -0.00599. The zero-order valence-corrected chi connectivity index (χ0v) is 19.4. The SMILES string of the molecule is COc1cccc2c1C(=O)CC1(CCN(C(=O)c3ccc4nc(-c5ccccc5)[nH]c4c3)CC1)O2. The van der Waals surface area contributed by atoms with E-state index in [1.807, 2.05) is 65.6 Å². The van der Waals surface area contributed by atoms with Gasteiger partial charge in [-0.2, -0.15) is 0 Å². The van der Waals surface area contributed by atoms with Crippen LogP contribution in [0.4, 0.5) is 0 Å². The van der Waals surface area contributed by atoms with Crippen molar-refractivity contribution in [2.75, 3.05) is 20.2 Å². The molecule has 7 nitrogen and oxygen atoms in total. The number of amides is 1. The predicted molar refractivity (Wildman–Crippen MR) is 132 cm³/mol. The number of benzene rings is 3. The van der Waals surface area contributed by atoms with E-state index in [4.69, 9.17) is 9.47 Å². The van der Waals surface area contributed by atoms with Crippen molar-refractivity contribution in [1.29, 1.82) is 0 Å². The van der Waals surface area contributed by atoms with E-state index in [9.17, 15) is 9.59 Å². The molecule has 1 fully saturated rings. The van der Waals surface area contributed by atoms with Crippen molar-refractivity contribution >= 4 is 22.7 Å². The number of hydrogen-bond acceptors (Lipinski definition) is 5. The molecule has 2 aliphatic rings. The minimum atomic E-state index is -0.578. The Morgan fingerprint density at radius 1 is 1.06 bits per heavy atom. The van der Waals surface area contributed by atoms with Gasteiger partial charge in [0.05, 0.1) is 24.6 Å². The van der Waals surface area contributed by atoms with Gasteiger partial charge in [0.25, 0.3) is 5.91 Å². The van der Waals surface area contributed by atoms with Crippen LogP contribution >= 0.6 is 0 Å². The fourth-order valence-electron chi connectivity index (χ4n) is 5.15. The molecule has 1 spiro atoms. The standard InChI is InChI=1S/C28H25N3O4/c1-34-23-8-5-9-24-25(23)22(32)17-28(35-24)12-14-31(15-13-28)27(33)19-10-11-20-21(16-19)30-26(29-20)18-6-3-2-4-7-18/h2-11,16H,12-15,17H2,1H3,(H,29,30). The smallest absolute Gasteiger partial charge is 0.253 e. The van der Waals surface area contributed by atoms with Crippen LogP contribution in [0.25, 0.3) is 22.4 Å². The average molecular weight is 468 g/mol. The Hall–Kier alpha value is -4.13. The number of aromatic amines is 1. The molecule has 176 valence electrons. The number of piperidine rings is 1. The highest BCUT2D eigenvalue weighted by molar-refractivity contribution is 6.03. The van der Waals surface area contributed by atoms with E-state index in [1.165, 1.54) is 0 Å². The average Bonchev–Trinajstić information content (AvgIpc) is 3.32. The maximum atomic E-state index is 13.3. The number of hydrogen-bond donors (Lipinski definition) is 1. The van der Waals surface area contributed by atoms with Gasteiger partial charge in [0.2, 0.25) is 0 Å². The summed E-state index contributed by atoms with van der Waals surface area (Å²) in [6.45, 7) is 1.06. The van der Waals surface area contributed by atoms with Crippen molar-refractivity contribution in [2.45, 2.75) is 24.9 Å². The summed E-state index contributed by atoms with van der Waals surface area (Å²) in [5.74, 6) is 1.89. The van der Waals surface area contributed by atoms with Crippen LogP contribution in [-0.2, 0) is 0 Å². The molecule has 3 aromatic carbocycles. The number of rotatable bonds is 3. The summed E-state index contributed by atoms with van der Waals surface area (Å²) < 4.78 is 11.7. The third-order valence-electron chi connectivity index (χ3n) is 7.03. The number of ether oxygens (including phenoxy) is 2. The number of fused-ring (bicyclic) bond motifs is 2. The fourth-order valence-corrected chi connectivity index (χ4v) is 5.15. The lowest BCUT2D eigenvalue weighted by atomic mass is 9.82. The van der Waals surface area contributed by atoms with E-state index < -0.39 is 5.60 Å². The van der Waals surface area contributed by atoms with Crippen molar-refractivity contribution in [3.8, 4) is 22.9 Å². The second kappa shape index (κ2) is 8.27. The maximum absolute atomic E-state index is 13.3. The van der Waals surface area contributed by atoms with Gasteiger partial charge in [-0.3, -0.25) is 9.59 Å². The third kappa shape index (κ3) is 3.73. The number of nitrogens with zero attached hydrogens (tertiary/aromatic N) is 2. The van der Waals surface area contributed by atoms with Crippen molar-refractivity contribution in [3.05, 3.63) is 77.9 Å². The molecule has 0 saturated carbocycles.